The molecule has 0 saturated heterocycles. The Hall–Kier alpha value is -0.120. The fourth-order valence-electron chi connectivity index (χ4n) is 0.197. The molecule has 44 valence electrons. The Morgan fingerprint density at radius 2 is 1.86 bits per heavy atom. The van der Waals surface area contributed by atoms with Crippen LogP contribution in [0.5, 0.6) is 0 Å². The van der Waals surface area contributed by atoms with Crippen molar-refractivity contribution in [1.82, 2.24) is 0 Å². The molecule has 7 heavy (non-hydrogen) atoms. The third kappa shape index (κ3) is 2.56. The highest BCUT2D eigenvalue weighted by Gasteiger charge is 2.06. The van der Waals surface area contributed by atoms with Crippen molar-refractivity contribution in [3.05, 3.63) is 0 Å². The van der Waals surface area contributed by atoms with Crippen LogP contribution in [0.3, 0.4) is 0 Å². The smallest absolute Gasteiger partial charge is 0.180 e. The number of methoxy groups -OCH3 is 1. The summed E-state index contributed by atoms with van der Waals surface area (Å²) in [7, 11) is 1.33. The molecule has 0 radical (unpaired) electrons. The quantitative estimate of drug-likeness (QED) is 0.459. The highest BCUT2D eigenvalue weighted by molar-refractivity contribution is 4.45. The lowest BCUT2D eigenvalue weighted by Gasteiger charge is -2.09. The first kappa shape index (κ1) is 6.88. The monoisotopic (exact) mass is 106 g/mol. The van der Waals surface area contributed by atoms with Gasteiger partial charge in [-0.3, -0.25) is 0 Å². The van der Waals surface area contributed by atoms with Gasteiger partial charge in [0.25, 0.3) is 0 Å². The Bertz CT molecular complexity index is 44.2. The number of aliphatic hydroxyl groups is 2. The molecule has 2 unspecified atom stereocenters. The number of ether oxygens (including phenoxy) is 1. The minimum absolute atomic E-state index is 0.801. The minimum Gasteiger partial charge on any atom is -0.388 e. The van der Waals surface area contributed by atoms with Gasteiger partial charge in [0.1, 0.15) is 6.10 Å². The summed E-state index contributed by atoms with van der Waals surface area (Å²) in [6.45, 7) is 1.45. The molecule has 0 amide bonds. The summed E-state index contributed by atoms with van der Waals surface area (Å²) >= 11 is 0. The number of rotatable bonds is 2. The Morgan fingerprint density at radius 3 is 1.86 bits per heavy atom. The van der Waals surface area contributed by atoms with E-state index in [9.17, 15) is 0 Å². The molecular weight excluding hydrogens is 96.0 g/mol. The van der Waals surface area contributed by atoms with E-state index < -0.39 is 12.4 Å². The summed E-state index contributed by atoms with van der Waals surface area (Å²) in [6.07, 6.45) is -1.84. The maximum absolute atomic E-state index is 8.46. The zero-order valence-electron chi connectivity index (χ0n) is 4.46. The predicted octanol–water partition coefficient (Wildman–Crippen LogP) is -0.668. The van der Waals surface area contributed by atoms with Crippen molar-refractivity contribution in [2.75, 3.05) is 7.11 Å². The highest BCUT2D eigenvalue weighted by atomic mass is 16.6. The predicted molar refractivity (Wildman–Crippen MR) is 24.7 cm³/mol. The summed E-state index contributed by atoms with van der Waals surface area (Å²) in [6, 6.07) is 0. The molecule has 3 heteroatoms. The van der Waals surface area contributed by atoms with E-state index in [-0.39, 0.29) is 0 Å². The van der Waals surface area contributed by atoms with E-state index in [2.05, 4.69) is 4.74 Å². The fraction of sp³-hybridized carbons (Fsp3) is 1.00. The van der Waals surface area contributed by atoms with Gasteiger partial charge in [-0.05, 0) is 6.92 Å². The van der Waals surface area contributed by atoms with E-state index in [4.69, 9.17) is 10.2 Å². The van der Waals surface area contributed by atoms with Crippen molar-refractivity contribution in [2.24, 2.45) is 0 Å². The topological polar surface area (TPSA) is 49.7 Å². The standard InChI is InChI=1S/C4H10O3/c1-3(5)4(6)7-2/h3-6H,1-2H3. The van der Waals surface area contributed by atoms with Crippen molar-refractivity contribution in [2.45, 2.75) is 19.3 Å². The first-order valence-corrected chi connectivity index (χ1v) is 2.07. The van der Waals surface area contributed by atoms with Crippen LogP contribution in [0, 0.1) is 0 Å². The third-order valence-corrected chi connectivity index (χ3v) is 0.654. The molecule has 2 atom stereocenters. The molecule has 0 aliphatic rings. The van der Waals surface area contributed by atoms with Crippen LogP contribution in [-0.4, -0.2) is 29.7 Å². The summed E-state index contributed by atoms with van der Waals surface area (Å²) in [4.78, 5) is 0. The van der Waals surface area contributed by atoms with Crippen LogP contribution >= 0.6 is 0 Å². The minimum atomic E-state index is -1.04. The van der Waals surface area contributed by atoms with Gasteiger partial charge >= 0.3 is 0 Å². The maximum atomic E-state index is 8.46. The zero-order valence-corrected chi connectivity index (χ0v) is 4.46. The Kier molecular flexibility index (Phi) is 2.91. The number of aliphatic hydroxyl groups excluding tert-OH is 2. The lowest BCUT2D eigenvalue weighted by molar-refractivity contribution is -0.137. The Morgan fingerprint density at radius 1 is 1.43 bits per heavy atom. The van der Waals surface area contributed by atoms with Gasteiger partial charge < -0.3 is 14.9 Å². The molecule has 0 aromatic rings. The molecule has 0 aromatic carbocycles. The molecule has 0 aliphatic heterocycles. The summed E-state index contributed by atoms with van der Waals surface area (Å²) in [5.74, 6) is 0. The Balaban J connectivity index is 3.14. The van der Waals surface area contributed by atoms with E-state index in [1.807, 2.05) is 0 Å². The average Bonchev–Trinajstić information content (AvgIpc) is 1.65. The molecule has 3 nitrogen and oxygen atoms in total. The van der Waals surface area contributed by atoms with Gasteiger partial charge in [0.05, 0.1) is 0 Å². The van der Waals surface area contributed by atoms with Gasteiger partial charge in [-0.15, -0.1) is 0 Å². The van der Waals surface area contributed by atoms with E-state index in [1.165, 1.54) is 14.0 Å². The Labute approximate surface area is 42.5 Å². The van der Waals surface area contributed by atoms with E-state index in [0.29, 0.717) is 0 Å². The summed E-state index contributed by atoms with van der Waals surface area (Å²) < 4.78 is 4.32. The van der Waals surface area contributed by atoms with Crippen LogP contribution < -0.4 is 0 Å². The van der Waals surface area contributed by atoms with Crippen LogP contribution in [-0.2, 0) is 4.74 Å². The second-order valence-electron chi connectivity index (χ2n) is 1.37. The largest absolute Gasteiger partial charge is 0.388 e. The summed E-state index contributed by atoms with van der Waals surface area (Å²) in [5.41, 5.74) is 0. The highest BCUT2D eigenvalue weighted by Crippen LogP contribution is 1.89. The van der Waals surface area contributed by atoms with Gasteiger partial charge in [0.2, 0.25) is 0 Å². The SMILES string of the molecule is COC(O)C(C)O. The average molecular weight is 106 g/mol. The van der Waals surface area contributed by atoms with Crippen molar-refractivity contribution >= 4 is 0 Å². The van der Waals surface area contributed by atoms with Gasteiger partial charge in [-0.25, -0.2) is 0 Å². The summed E-state index contributed by atoms with van der Waals surface area (Å²) in [5, 5.41) is 16.9. The van der Waals surface area contributed by atoms with Crippen LogP contribution in [0.2, 0.25) is 0 Å². The fourth-order valence-corrected chi connectivity index (χ4v) is 0.197. The third-order valence-electron chi connectivity index (χ3n) is 0.654. The van der Waals surface area contributed by atoms with Gasteiger partial charge in [-0.2, -0.15) is 0 Å². The van der Waals surface area contributed by atoms with Crippen molar-refractivity contribution < 1.29 is 14.9 Å². The van der Waals surface area contributed by atoms with Crippen LogP contribution in [0.4, 0.5) is 0 Å². The molecule has 0 saturated carbocycles. The van der Waals surface area contributed by atoms with Gasteiger partial charge in [-0.1, -0.05) is 0 Å². The molecule has 0 heterocycles. The van der Waals surface area contributed by atoms with E-state index in [0.717, 1.165) is 0 Å². The molecule has 2 N–H and O–H groups in total. The molecule has 0 fully saturated rings. The van der Waals surface area contributed by atoms with Crippen molar-refractivity contribution in [3.63, 3.8) is 0 Å². The molecule has 0 bridgehead atoms. The number of hydrogen-bond donors (Lipinski definition) is 2. The van der Waals surface area contributed by atoms with Gasteiger partial charge in [0, 0.05) is 7.11 Å². The molecule has 0 aliphatic carbocycles. The van der Waals surface area contributed by atoms with Crippen molar-refractivity contribution in [1.29, 1.82) is 0 Å². The van der Waals surface area contributed by atoms with Crippen LogP contribution in [0.15, 0.2) is 0 Å². The number of hydrogen-bond acceptors (Lipinski definition) is 3. The normalized spacial score (nSPS) is 18.9. The molecule has 0 rings (SSSR count). The van der Waals surface area contributed by atoms with E-state index in [1.54, 1.807) is 0 Å². The van der Waals surface area contributed by atoms with Gasteiger partial charge in [0.15, 0.2) is 6.29 Å². The van der Waals surface area contributed by atoms with Crippen LogP contribution in [0.1, 0.15) is 6.92 Å². The second-order valence-corrected chi connectivity index (χ2v) is 1.37. The lowest BCUT2D eigenvalue weighted by Crippen LogP contribution is -2.23. The first-order valence-electron chi connectivity index (χ1n) is 2.07. The molecular formula is C4H10O3. The zero-order chi connectivity index (χ0) is 5.86. The molecule has 0 spiro atoms. The maximum Gasteiger partial charge on any atom is 0.180 e. The first-order chi connectivity index (χ1) is 3.18. The second kappa shape index (κ2) is 2.96. The molecule has 0 aromatic heterocycles. The van der Waals surface area contributed by atoms with E-state index >= 15 is 0 Å². The van der Waals surface area contributed by atoms with Crippen molar-refractivity contribution in [3.8, 4) is 0 Å². The van der Waals surface area contributed by atoms with Crippen LogP contribution in [0.25, 0.3) is 0 Å². The lowest BCUT2D eigenvalue weighted by atomic mass is 10.4.